The average Bonchev–Trinajstić information content (AvgIpc) is 2.97. The first-order valence-electron chi connectivity index (χ1n) is 7.72. The lowest BCUT2D eigenvalue weighted by Gasteiger charge is -2.16. The highest BCUT2D eigenvalue weighted by Gasteiger charge is 2.13. The van der Waals surface area contributed by atoms with E-state index in [0.717, 1.165) is 24.7 Å². The Morgan fingerprint density at radius 2 is 2.05 bits per heavy atom. The van der Waals surface area contributed by atoms with E-state index >= 15 is 0 Å². The summed E-state index contributed by atoms with van der Waals surface area (Å²) >= 11 is 0. The molecule has 6 nitrogen and oxygen atoms in total. The number of anilines is 2. The predicted molar refractivity (Wildman–Crippen MR) is 84.4 cm³/mol. The van der Waals surface area contributed by atoms with Crippen LogP contribution in [0.15, 0.2) is 12.4 Å². The van der Waals surface area contributed by atoms with Crippen LogP contribution < -0.4 is 15.5 Å². The van der Waals surface area contributed by atoms with Gasteiger partial charge >= 0.3 is 0 Å². The van der Waals surface area contributed by atoms with Crippen molar-refractivity contribution >= 4 is 17.5 Å². The number of amides is 1. The first-order valence-corrected chi connectivity index (χ1v) is 7.72. The Hall–Kier alpha value is -1.85. The minimum absolute atomic E-state index is 0.104. The second-order valence-corrected chi connectivity index (χ2v) is 5.83. The summed E-state index contributed by atoms with van der Waals surface area (Å²) in [5.74, 6) is 2.29. The molecule has 1 aromatic heterocycles. The van der Waals surface area contributed by atoms with Gasteiger partial charge in [0.25, 0.3) is 0 Å². The topological polar surface area (TPSA) is 70.2 Å². The van der Waals surface area contributed by atoms with E-state index in [9.17, 15) is 4.79 Å². The van der Waals surface area contributed by atoms with Gasteiger partial charge in [0, 0.05) is 38.7 Å². The molecule has 2 N–H and O–H groups in total. The van der Waals surface area contributed by atoms with E-state index in [4.69, 9.17) is 0 Å². The molecule has 0 saturated carbocycles. The number of carbonyl (C=O) groups is 1. The fraction of sp³-hybridized carbons (Fsp3) is 0.667. The van der Waals surface area contributed by atoms with Gasteiger partial charge in [-0.25, -0.2) is 9.97 Å². The van der Waals surface area contributed by atoms with Crippen molar-refractivity contribution in [2.45, 2.75) is 33.1 Å². The van der Waals surface area contributed by atoms with Crippen LogP contribution in [-0.2, 0) is 4.79 Å². The third-order valence-electron chi connectivity index (χ3n) is 3.43. The Labute approximate surface area is 126 Å². The molecule has 6 heteroatoms. The third-order valence-corrected chi connectivity index (χ3v) is 3.43. The standard InChI is InChI=1S/C15H25N5O/c1-12(2)9-15(21)17-6-5-16-13-10-14(19-11-18-13)20-7-3-4-8-20/h10-12H,3-9H2,1-2H3,(H,17,21)(H,16,18,19). The number of hydrogen-bond acceptors (Lipinski definition) is 5. The molecule has 0 bridgehead atoms. The van der Waals surface area contributed by atoms with Crippen LogP contribution in [0, 0.1) is 5.92 Å². The maximum absolute atomic E-state index is 11.5. The molecule has 1 fully saturated rings. The van der Waals surface area contributed by atoms with Gasteiger partial charge in [0.05, 0.1) is 0 Å². The maximum Gasteiger partial charge on any atom is 0.220 e. The molecule has 1 aromatic rings. The second-order valence-electron chi connectivity index (χ2n) is 5.83. The number of aromatic nitrogens is 2. The lowest BCUT2D eigenvalue weighted by atomic mass is 10.1. The molecule has 1 amide bonds. The van der Waals surface area contributed by atoms with Crippen molar-refractivity contribution < 1.29 is 4.79 Å². The maximum atomic E-state index is 11.5. The third kappa shape index (κ3) is 5.21. The van der Waals surface area contributed by atoms with Gasteiger partial charge in [0.1, 0.15) is 18.0 Å². The summed E-state index contributed by atoms with van der Waals surface area (Å²) in [6.45, 7) is 7.50. The van der Waals surface area contributed by atoms with Gasteiger partial charge in [-0.1, -0.05) is 13.8 Å². The summed E-state index contributed by atoms with van der Waals surface area (Å²) in [6.07, 6.45) is 4.63. The van der Waals surface area contributed by atoms with Crippen molar-refractivity contribution in [1.29, 1.82) is 0 Å². The lowest BCUT2D eigenvalue weighted by Crippen LogP contribution is -2.29. The monoisotopic (exact) mass is 291 g/mol. The molecule has 21 heavy (non-hydrogen) atoms. The summed E-state index contributed by atoms with van der Waals surface area (Å²) < 4.78 is 0. The Morgan fingerprint density at radius 3 is 2.76 bits per heavy atom. The summed E-state index contributed by atoms with van der Waals surface area (Å²) in [4.78, 5) is 22.3. The highest BCUT2D eigenvalue weighted by Crippen LogP contribution is 2.18. The van der Waals surface area contributed by atoms with Gasteiger partial charge < -0.3 is 15.5 Å². The molecule has 1 saturated heterocycles. The van der Waals surface area contributed by atoms with Gasteiger partial charge in [-0.3, -0.25) is 4.79 Å². The molecule has 1 aliphatic rings. The number of carbonyl (C=O) groups excluding carboxylic acids is 1. The van der Waals surface area contributed by atoms with Crippen LogP contribution in [0.1, 0.15) is 33.1 Å². The van der Waals surface area contributed by atoms with E-state index in [0.29, 0.717) is 25.4 Å². The van der Waals surface area contributed by atoms with Crippen LogP contribution in [0.25, 0.3) is 0 Å². The fourth-order valence-electron chi connectivity index (χ4n) is 2.40. The molecule has 0 radical (unpaired) electrons. The molecule has 116 valence electrons. The molecule has 0 unspecified atom stereocenters. The van der Waals surface area contributed by atoms with E-state index in [1.54, 1.807) is 6.33 Å². The Morgan fingerprint density at radius 1 is 1.29 bits per heavy atom. The molecule has 2 heterocycles. The number of nitrogens with one attached hydrogen (secondary N) is 2. The Kier molecular flexibility index (Phi) is 5.78. The number of hydrogen-bond donors (Lipinski definition) is 2. The van der Waals surface area contributed by atoms with Crippen LogP contribution in [0.3, 0.4) is 0 Å². The van der Waals surface area contributed by atoms with Crippen LogP contribution in [0.2, 0.25) is 0 Å². The van der Waals surface area contributed by atoms with Crippen molar-refractivity contribution in [2.75, 3.05) is 36.4 Å². The van der Waals surface area contributed by atoms with E-state index in [1.807, 2.05) is 19.9 Å². The molecule has 0 atom stereocenters. The lowest BCUT2D eigenvalue weighted by molar-refractivity contribution is -0.121. The van der Waals surface area contributed by atoms with Crippen molar-refractivity contribution in [3.05, 3.63) is 12.4 Å². The zero-order valence-electron chi connectivity index (χ0n) is 12.9. The van der Waals surface area contributed by atoms with Gasteiger partial charge in [-0.05, 0) is 18.8 Å². The summed E-state index contributed by atoms with van der Waals surface area (Å²) in [6, 6.07) is 1.97. The van der Waals surface area contributed by atoms with Gasteiger partial charge in [-0.2, -0.15) is 0 Å². The normalized spacial score (nSPS) is 14.5. The number of rotatable bonds is 7. The highest BCUT2D eigenvalue weighted by atomic mass is 16.1. The van der Waals surface area contributed by atoms with Crippen LogP contribution in [0.4, 0.5) is 11.6 Å². The molecular formula is C15H25N5O. The Bertz CT molecular complexity index is 457. The van der Waals surface area contributed by atoms with Crippen molar-refractivity contribution in [3.63, 3.8) is 0 Å². The number of nitrogens with zero attached hydrogens (tertiary/aromatic N) is 3. The van der Waals surface area contributed by atoms with E-state index in [-0.39, 0.29) is 5.91 Å². The van der Waals surface area contributed by atoms with E-state index < -0.39 is 0 Å². The first kappa shape index (κ1) is 15.5. The largest absolute Gasteiger partial charge is 0.368 e. The second kappa shape index (κ2) is 7.81. The van der Waals surface area contributed by atoms with Gasteiger partial charge in [0.2, 0.25) is 5.91 Å². The zero-order chi connectivity index (χ0) is 15.1. The molecule has 0 aliphatic carbocycles. The van der Waals surface area contributed by atoms with Crippen molar-refractivity contribution in [2.24, 2.45) is 5.92 Å². The zero-order valence-corrected chi connectivity index (χ0v) is 12.9. The predicted octanol–water partition coefficient (Wildman–Crippen LogP) is 1.65. The van der Waals surface area contributed by atoms with Crippen molar-refractivity contribution in [3.8, 4) is 0 Å². The molecule has 1 aliphatic heterocycles. The molecule has 2 rings (SSSR count). The fourth-order valence-corrected chi connectivity index (χ4v) is 2.40. The smallest absolute Gasteiger partial charge is 0.220 e. The van der Waals surface area contributed by atoms with Crippen LogP contribution in [0.5, 0.6) is 0 Å². The molecule has 0 spiro atoms. The Balaban J connectivity index is 1.73. The summed E-state index contributed by atoms with van der Waals surface area (Å²) in [5.41, 5.74) is 0. The summed E-state index contributed by atoms with van der Waals surface area (Å²) in [5, 5.41) is 6.12. The minimum atomic E-state index is 0.104. The average molecular weight is 291 g/mol. The van der Waals surface area contributed by atoms with Crippen LogP contribution >= 0.6 is 0 Å². The van der Waals surface area contributed by atoms with E-state index in [2.05, 4.69) is 25.5 Å². The van der Waals surface area contributed by atoms with Gasteiger partial charge in [0.15, 0.2) is 0 Å². The van der Waals surface area contributed by atoms with Crippen molar-refractivity contribution in [1.82, 2.24) is 15.3 Å². The summed E-state index contributed by atoms with van der Waals surface area (Å²) in [7, 11) is 0. The highest BCUT2D eigenvalue weighted by molar-refractivity contribution is 5.76. The molecule has 0 aromatic carbocycles. The van der Waals surface area contributed by atoms with E-state index in [1.165, 1.54) is 12.8 Å². The SMILES string of the molecule is CC(C)CC(=O)NCCNc1cc(N2CCCC2)ncn1. The van der Waals surface area contributed by atoms with Crippen LogP contribution in [-0.4, -0.2) is 42.1 Å². The molecular weight excluding hydrogens is 266 g/mol. The quantitative estimate of drug-likeness (QED) is 0.748. The first-order chi connectivity index (χ1) is 10.1. The van der Waals surface area contributed by atoms with Gasteiger partial charge in [-0.15, -0.1) is 0 Å². The minimum Gasteiger partial charge on any atom is -0.368 e.